The molecule has 0 aliphatic rings. The van der Waals surface area contributed by atoms with Crippen molar-refractivity contribution in [1.82, 2.24) is 0 Å². The molecule has 17 heavy (non-hydrogen) atoms. The first-order valence-corrected chi connectivity index (χ1v) is 7.47. The van der Waals surface area contributed by atoms with Gasteiger partial charge in [-0.25, -0.2) is 4.79 Å². The van der Waals surface area contributed by atoms with Crippen LogP contribution in [-0.4, -0.2) is 12.6 Å². The molecule has 0 unspecified atom stereocenters. The van der Waals surface area contributed by atoms with Crippen molar-refractivity contribution in [3.05, 3.63) is 26.9 Å². The Bertz CT molecular complexity index is 547. The summed E-state index contributed by atoms with van der Waals surface area (Å²) in [6.45, 7) is 2.13. The predicted molar refractivity (Wildman–Crippen MR) is 75.7 cm³/mol. The number of ether oxygens (including phenoxy) is 1. The van der Waals surface area contributed by atoms with Gasteiger partial charge in [0.2, 0.25) is 0 Å². The standard InChI is InChI=1S/C11H10BrNO2S2/c1-2-15-11(14)9-7(5-17-10(9)13)8-3-6(12)4-16-8/h3-5H,2,13H2,1H3. The molecule has 0 bridgehead atoms. The van der Waals surface area contributed by atoms with Gasteiger partial charge in [-0.15, -0.1) is 22.7 Å². The molecule has 0 radical (unpaired) electrons. The minimum atomic E-state index is -0.356. The second-order valence-corrected chi connectivity index (χ2v) is 5.98. The van der Waals surface area contributed by atoms with Crippen LogP contribution in [0.5, 0.6) is 0 Å². The maximum Gasteiger partial charge on any atom is 0.341 e. The van der Waals surface area contributed by atoms with Crippen LogP contribution in [0.1, 0.15) is 17.3 Å². The zero-order valence-electron chi connectivity index (χ0n) is 9.03. The second-order valence-electron chi connectivity index (χ2n) is 3.24. The molecule has 0 aromatic carbocycles. The van der Waals surface area contributed by atoms with Gasteiger partial charge in [-0.05, 0) is 28.9 Å². The number of halogens is 1. The highest BCUT2D eigenvalue weighted by Crippen LogP contribution is 2.38. The van der Waals surface area contributed by atoms with Crippen LogP contribution in [0.4, 0.5) is 5.00 Å². The molecular formula is C11H10BrNO2S2. The fraction of sp³-hybridized carbons (Fsp3) is 0.182. The largest absolute Gasteiger partial charge is 0.462 e. The molecule has 6 heteroatoms. The van der Waals surface area contributed by atoms with Crippen LogP contribution in [0.3, 0.4) is 0 Å². The highest BCUT2D eigenvalue weighted by Gasteiger charge is 2.20. The number of hydrogen-bond acceptors (Lipinski definition) is 5. The molecule has 0 atom stereocenters. The highest BCUT2D eigenvalue weighted by atomic mass is 79.9. The maximum atomic E-state index is 11.8. The number of anilines is 1. The van der Waals surface area contributed by atoms with E-state index in [9.17, 15) is 4.79 Å². The Kier molecular flexibility index (Phi) is 3.86. The van der Waals surface area contributed by atoms with Crippen molar-refractivity contribution in [3.8, 4) is 10.4 Å². The molecule has 2 heterocycles. The zero-order chi connectivity index (χ0) is 12.4. The lowest BCUT2D eigenvalue weighted by Crippen LogP contribution is -2.06. The van der Waals surface area contributed by atoms with Crippen molar-refractivity contribution < 1.29 is 9.53 Å². The van der Waals surface area contributed by atoms with Crippen molar-refractivity contribution in [2.24, 2.45) is 0 Å². The van der Waals surface area contributed by atoms with E-state index in [1.54, 1.807) is 18.3 Å². The molecule has 0 saturated carbocycles. The summed E-state index contributed by atoms with van der Waals surface area (Å²) in [6.07, 6.45) is 0. The third-order valence-corrected chi connectivity index (χ3v) is 4.67. The van der Waals surface area contributed by atoms with E-state index in [4.69, 9.17) is 10.5 Å². The van der Waals surface area contributed by atoms with E-state index >= 15 is 0 Å². The number of nitrogen functional groups attached to an aromatic ring is 1. The summed E-state index contributed by atoms with van der Waals surface area (Å²) < 4.78 is 6.01. The van der Waals surface area contributed by atoms with Gasteiger partial charge in [0.1, 0.15) is 10.6 Å². The molecule has 90 valence electrons. The lowest BCUT2D eigenvalue weighted by atomic mass is 10.1. The van der Waals surface area contributed by atoms with E-state index < -0.39 is 0 Å². The molecule has 2 aromatic rings. The second kappa shape index (κ2) is 5.20. The fourth-order valence-electron chi connectivity index (χ4n) is 1.42. The number of hydrogen-bond donors (Lipinski definition) is 1. The number of carbonyl (C=O) groups is 1. The van der Waals surface area contributed by atoms with Gasteiger partial charge in [0.15, 0.2) is 0 Å². The quantitative estimate of drug-likeness (QED) is 0.865. The molecule has 0 amide bonds. The van der Waals surface area contributed by atoms with Crippen molar-refractivity contribution in [2.75, 3.05) is 12.3 Å². The average Bonchev–Trinajstić information content (AvgIpc) is 2.85. The summed E-state index contributed by atoms with van der Waals surface area (Å²) in [5.74, 6) is -0.356. The van der Waals surface area contributed by atoms with Crippen molar-refractivity contribution in [2.45, 2.75) is 6.92 Å². The fourth-order valence-corrected chi connectivity index (χ4v) is 3.75. The topological polar surface area (TPSA) is 52.3 Å². The number of rotatable bonds is 3. The van der Waals surface area contributed by atoms with Crippen LogP contribution in [-0.2, 0) is 4.74 Å². The summed E-state index contributed by atoms with van der Waals surface area (Å²) in [5.41, 5.74) is 7.15. The Morgan fingerprint density at radius 2 is 2.24 bits per heavy atom. The van der Waals surface area contributed by atoms with Crippen LogP contribution in [0.2, 0.25) is 0 Å². The Balaban J connectivity index is 2.45. The van der Waals surface area contributed by atoms with Crippen molar-refractivity contribution in [3.63, 3.8) is 0 Å². The number of carbonyl (C=O) groups excluding carboxylic acids is 1. The molecule has 2 rings (SSSR count). The van der Waals surface area contributed by atoms with Gasteiger partial charge in [0.05, 0.1) is 6.61 Å². The smallest absolute Gasteiger partial charge is 0.341 e. The summed E-state index contributed by atoms with van der Waals surface area (Å²) >= 11 is 6.31. The minimum absolute atomic E-state index is 0.349. The molecule has 3 nitrogen and oxygen atoms in total. The summed E-state index contributed by atoms with van der Waals surface area (Å²) in [5, 5.41) is 4.36. The van der Waals surface area contributed by atoms with Crippen LogP contribution < -0.4 is 5.73 Å². The first kappa shape index (κ1) is 12.6. The van der Waals surface area contributed by atoms with Gasteiger partial charge >= 0.3 is 5.97 Å². The monoisotopic (exact) mass is 331 g/mol. The van der Waals surface area contributed by atoms with Gasteiger partial charge < -0.3 is 10.5 Å². The maximum absolute atomic E-state index is 11.8. The molecule has 0 aliphatic heterocycles. The average molecular weight is 332 g/mol. The number of thiophene rings is 2. The normalized spacial score (nSPS) is 10.5. The van der Waals surface area contributed by atoms with Crippen LogP contribution >= 0.6 is 38.6 Å². The molecule has 2 N–H and O–H groups in total. The van der Waals surface area contributed by atoms with Crippen LogP contribution in [0.25, 0.3) is 10.4 Å². The SMILES string of the molecule is CCOC(=O)c1c(-c2cc(Br)cs2)csc1N. The summed E-state index contributed by atoms with van der Waals surface area (Å²) in [7, 11) is 0. The molecular weight excluding hydrogens is 322 g/mol. The Morgan fingerprint density at radius 3 is 2.82 bits per heavy atom. The predicted octanol–water partition coefficient (Wildman–Crippen LogP) is 4.00. The Hall–Kier alpha value is -0.850. The van der Waals surface area contributed by atoms with E-state index in [1.165, 1.54) is 11.3 Å². The molecule has 0 aliphatic carbocycles. The number of esters is 1. The van der Waals surface area contributed by atoms with E-state index in [0.717, 1.165) is 14.9 Å². The first-order chi connectivity index (χ1) is 8.13. The first-order valence-electron chi connectivity index (χ1n) is 4.92. The molecule has 0 saturated heterocycles. The van der Waals surface area contributed by atoms with E-state index in [1.807, 2.05) is 16.8 Å². The lowest BCUT2D eigenvalue weighted by molar-refractivity contribution is 0.0529. The van der Waals surface area contributed by atoms with Gasteiger partial charge in [0.25, 0.3) is 0 Å². The van der Waals surface area contributed by atoms with Gasteiger partial charge in [-0.2, -0.15) is 0 Å². The van der Waals surface area contributed by atoms with Gasteiger partial charge in [0, 0.05) is 25.7 Å². The van der Waals surface area contributed by atoms with E-state index in [-0.39, 0.29) is 5.97 Å². The lowest BCUT2D eigenvalue weighted by Gasteiger charge is -2.03. The third kappa shape index (κ3) is 2.53. The van der Waals surface area contributed by atoms with Gasteiger partial charge in [-0.3, -0.25) is 0 Å². The molecule has 0 spiro atoms. The Labute approximate surface area is 115 Å². The summed E-state index contributed by atoms with van der Waals surface area (Å²) in [4.78, 5) is 12.8. The van der Waals surface area contributed by atoms with Gasteiger partial charge in [-0.1, -0.05) is 0 Å². The summed E-state index contributed by atoms with van der Waals surface area (Å²) in [6, 6.07) is 1.97. The van der Waals surface area contributed by atoms with E-state index in [2.05, 4.69) is 15.9 Å². The van der Waals surface area contributed by atoms with Crippen molar-refractivity contribution in [1.29, 1.82) is 0 Å². The minimum Gasteiger partial charge on any atom is -0.462 e. The Morgan fingerprint density at radius 1 is 1.47 bits per heavy atom. The molecule has 0 fully saturated rings. The third-order valence-electron chi connectivity index (χ3n) is 2.13. The van der Waals surface area contributed by atoms with Crippen molar-refractivity contribution >= 4 is 49.6 Å². The van der Waals surface area contributed by atoms with Crippen LogP contribution in [0.15, 0.2) is 21.3 Å². The highest BCUT2D eigenvalue weighted by molar-refractivity contribution is 9.10. The number of nitrogens with two attached hydrogens (primary N) is 1. The van der Waals surface area contributed by atoms with E-state index in [0.29, 0.717) is 17.2 Å². The van der Waals surface area contributed by atoms with Crippen LogP contribution in [0, 0.1) is 0 Å². The zero-order valence-corrected chi connectivity index (χ0v) is 12.2. The molecule has 2 aromatic heterocycles.